The Kier molecular flexibility index (Phi) is 6.33. The predicted octanol–water partition coefficient (Wildman–Crippen LogP) is 5.53. The van der Waals surface area contributed by atoms with E-state index >= 15 is 0 Å². The molecular formula is C30H30N2PtSi. The van der Waals surface area contributed by atoms with Crippen molar-refractivity contribution in [1.82, 2.24) is 9.97 Å². The number of fused-ring (bicyclic) bond motifs is 3. The first-order valence-corrected chi connectivity index (χ1v) is 14.6. The largest absolute Gasteiger partial charge is 2.00 e. The monoisotopic (exact) mass is 641 g/mol. The first kappa shape index (κ1) is 24.8. The Balaban J connectivity index is 0.00000274. The molecule has 1 aliphatic rings. The molecule has 0 amide bonds. The second-order valence-corrected chi connectivity index (χ2v) is 15.0. The minimum absolute atomic E-state index is 0. The Bertz CT molecular complexity index is 1230. The molecule has 2 nitrogen and oxygen atoms in total. The van der Waals surface area contributed by atoms with Gasteiger partial charge in [0.1, 0.15) is 0 Å². The normalized spacial score (nSPS) is 14.2. The van der Waals surface area contributed by atoms with Crippen LogP contribution in [0, 0.1) is 12.1 Å². The molecule has 2 aromatic carbocycles. The Morgan fingerprint density at radius 1 is 0.618 bits per heavy atom. The summed E-state index contributed by atoms with van der Waals surface area (Å²) in [4.78, 5) is 9.29. The van der Waals surface area contributed by atoms with Gasteiger partial charge >= 0.3 is 21.1 Å². The molecule has 4 heteroatoms. The van der Waals surface area contributed by atoms with Gasteiger partial charge in [-0.2, -0.15) is 34.6 Å². The van der Waals surface area contributed by atoms with Crippen molar-refractivity contribution in [3.05, 3.63) is 108 Å². The zero-order valence-electron chi connectivity index (χ0n) is 20.6. The second-order valence-electron chi connectivity index (χ2n) is 10.6. The van der Waals surface area contributed by atoms with Gasteiger partial charge in [-0.1, -0.05) is 52.9 Å². The smallest absolute Gasteiger partial charge is 0.260 e. The number of hydrogen-bond donors (Lipinski definition) is 0. The van der Waals surface area contributed by atoms with Crippen LogP contribution in [0.1, 0.15) is 50.2 Å². The topological polar surface area (TPSA) is 25.8 Å². The molecule has 0 unspecified atom stereocenters. The Labute approximate surface area is 219 Å². The zero-order valence-corrected chi connectivity index (χ0v) is 23.9. The molecule has 0 atom stereocenters. The molecule has 5 rings (SSSR count). The number of hydrogen-bond acceptors (Lipinski definition) is 2. The van der Waals surface area contributed by atoms with E-state index in [0.29, 0.717) is 0 Å². The van der Waals surface area contributed by atoms with Crippen LogP contribution in [0.4, 0.5) is 0 Å². The zero-order chi connectivity index (χ0) is 23.4. The summed E-state index contributed by atoms with van der Waals surface area (Å²) in [6.45, 7) is 13.8. The maximum atomic E-state index is 4.65. The molecular weight excluding hydrogens is 612 g/mol. The van der Waals surface area contributed by atoms with Crippen LogP contribution in [0.3, 0.4) is 0 Å². The van der Waals surface area contributed by atoms with E-state index in [1.165, 1.54) is 32.6 Å². The van der Waals surface area contributed by atoms with Crippen molar-refractivity contribution in [2.75, 3.05) is 0 Å². The van der Waals surface area contributed by atoms with Gasteiger partial charge < -0.3 is 0 Å². The SMILES string of the molecule is CC(C)(c1[c-]c2c(cc1)[Si](C)(C)c1ccc(C(C)(C)c3ccccn3)[c-]c1-2)c1ccccn1.[Pt+2]. The minimum Gasteiger partial charge on any atom is -0.260 e. The minimum atomic E-state index is -1.80. The van der Waals surface area contributed by atoms with Crippen LogP contribution in [-0.4, -0.2) is 18.0 Å². The van der Waals surface area contributed by atoms with Crippen LogP contribution in [0.2, 0.25) is 13.1 Å². The van der Waals surface area contributed by atoms with Crippen molar-refractivity contribution in [2.24, 2.45) is 0 Å². The first-order valence-electron chi connectivity index (χ1n) is 11.6. The maximum absolute atomic E-state index is 4.65. The first-order chi connectivity index (χ1) is 15.6. The maximum Gasteiger partial charge on any atom is 2.00 e. The molecule has 3 heterocycles. The van der Waals surface area contributed by atoms with Gasteiger partial charge in [0.2, 0.25) is 0 Å². The van der Waals surface area contributed by atoms with Crippen LogP contribution in [0.25, 0.3) is 11.1 Å². The molecule has 0 aliphatic carbocycles. The third-order valence-electron chi connectivity index (χ3n) is 7.45. The van der Waals surface area contributed by atoms with Crippen LogP contribution >= 0.6 is 0 Å². The standard InChI is InChI=1S/C30H30N2Si.Pt/c1-29(2,27-11-7-9-17-31-27)21-13-15-25-23(19-21)24-20-22(14-16-26(24)33(25,5)6)30(3,4)28-12-8-10-18-32-28;/h7-18H,1-6H3;/q-2;+2. The van der Waals surface area contributed by atoms with Gasteiger partial charge in [-0.25, -0.2) is 11.1 Å². The third-order valence-corrected chi connectivity index (χ3v) is 11.0. The van der Waals surface area contributed by atoms with Gasteiger partial charge in [-0.15, -0.1) is 23.3 Å². The molecule has 0 saturated carbocycles. The van der Waals surface area contributed by atoms with E-state index in [-0.39, 0.29) is 31.9 Å². The van der Waals surface area contributed by atoms with Crippen molar-refractivity contribution in [3.8, 4) is 11.1 Å². The molecule has 0 bridgehead atoms. The van der Waals surface area contributed by atoms with Gasteiger partial charge in [-0.05, 0) is 32.3 Å². The van der Waals surface area contributed by atoms with Gasteiger partial charge in [-0.3, -0.25) is 9.97 Å². The van der Waals surface area contributed by atoms with Gasteiger partial charge in [0.05, 0.1) is 0 Å². The van der Waals surface area contributed by atoms with E-state index in [2.05, 4.69) is 111 Å². The molecule has 1 aliphatic heterocycles. The Hall–Kier alpha value is -2.35. The Morgan fingerprint density at radius 3 is 1.38 bits per heavy atom. The van der Waals surface area contributed by atoms with Crippen LogP contribution in [0.5, 0.6) is 0 Å². The number of pyridine rings is 2. The van der Waals surface area contributed by atoms with Crippen molar-refractivity contribution in [2.45, 2.75) is 51.6 Å². The summed E-state index contributed by atoms with van der Waals surface area (Å²) in [6, 6.07) is 29.1. The number of benzene rings is 2. The molecule has 2 aromatic heterocycles. The molecule has 34 heavy (non-hydrogen) atoms. The number of rotatable bonds is 4. The van der Waals surface area contributed by atoms with E-state index in [4.69, 9.17) is 0 Å². The van der Waals surface area contributed by atoms with E-state index in [0.717, 1.165) is 11.4 Å². The Morgan fingerprint density at radius 2 is 1.03 bits per heavy atom. The van der Waals surface area contributed by atoms with Crippen molar-refractivity contribution in [1.29, 1.82) is 0 Å². The van der Waals surface area contributed by atoms with Crippen LogP contribution in [-0.2, 0) is 31.9 Å². The van der Waals surface area contributed by atoms with Crippen molar-refractivity contribution in [3.63, 3.8) is 0 Å². The molecule has 0 fully saturated rings. The van der Waals surface area contributed by atoms with Crippen LogP contribution < -0.4 is 10.4 Å². The fourth-order valence-electron chi connectivity index (χ4n) is 5.04. The molecule has 174 valence electrons. The average molecular weight is 642 g/mol. The summed E-state index contributed by atoms with van der Waals surface area (Å²) in [5, 5.41) is 2.89. The summed E-state index contributed by atoms with van der Waals surface area (Å²) in [6.07, 6.45) is 3.74. The summed E-state index contributed by atoms with van der Waals surface area (Å²) in [5.74, 6) is 0. The third kappa shape index (κ3) is 3.83. The average Bonchev–Trinajstić information content (AvgIpc) is 3.06. The summed E-state index contributed by atoms with van der Waals surface area (Å²) < 4.78 is 0. The number of nitrogens with zero attached hydrogens (tertiary/aromatic N) is 2. The fraction of sp³-hybridized carbons (Fsp3) is 0.267. The molecule has 4 aromatic rings. The van der Waals surface area contributed by atoms with Gasteiger partial charge in [0.25, 0.3) is 0 Å². The second kappa shape index (κ2) is 8.70. The van der Waals surface area contributed by atoms with E-state index in [9.17, 15) is 0 Å². The van der Waals surface area contributed by atoms with Gasteiger partial charge in [0, 0.05) is 34.6 Å². The fourth-order valence-corrected chi connectivity index (χ4v) is 7.95. The molecule has 0 radical (unpaired) electrons. The summed E-state index contributed by atoms with van der Waals surface area (Å²) in [5.41, 5.74) is 6.45. The summed E-state index contributed by atoms with van der Waals surface area (Å²) in [7, 11) is -1.80. The van der Waals surface area contributed by atoms with E-state index in [1.54, 1.807) is 0 Å². The van der Waals surface area contributed by atoms with Crippen LogP contribution in [0.15, 0.2) is 73.1 Å². The molecule has 0 N–H and O–H groups in total. The van der Waals surface area contributed by atoms with E-state index in [1.807, 2.05) is 24.5 Å². The van der Waals surface area contributed by atoms with E-state index < -0.39 is 8.07 Å². The van der Waals surface area contributed by atoms with Crippen molar-refractivity contribution >= 4 is 18.4 Å². The summed E-state index contributed by atoms with van der Waals surface area (Å²) >= 11 is 0. The van der Waals surface area contributed by atoms with Crippen molar-refractivity contribution < 1.29 is 21.1 Å². The quantitative estimate of drug-likeness (QED) is 0.217. The molecule has 0 saturated heterocycles. The number of aromatic nitrogens is 2. The van der Waals surface area contributed by atoms with Gasteiger partial charge in [0.15, 0.2) is 0 Å². The predicted molar refractivity (Wildman–Crippen MR) is 139 cm³/mol. The molecule has 0 spiro atoms.